The number of carbonyl (C=O) groups excluding carboxylic acids is 1. The average Bonchev–Trinajstić information content (AvgIpc) is 3.03. The molecular weight excluding hydrogens is 322 g/mol. The molecule has 2 fully saturated rings. The number of hydrogen-bond donors (Lipinski definition) is 1. The second kappa shape index (κ2) is 8.06. The van der Waals surface area contributed by atoms with Gasteiger partial charge in [0.25, 0.3) is 0 Å². The molecule has 1 aromatic rings. The van der Waals surface area contributed by atoms with Crippen LogP contribution in [0.5, 0.6) is 11.5 Å². The summed E-state index contributed by atoms with van der Waals surface area (Å²) in [5.41, 5.74) is 0. The van der Waals surface area contributed by atoms with Gasteiger partial charge in [-0.25, -0.2) is 0 Å². The normalized spacial score (nSPS) is 28.5. The molecule has 0 bridgehead atoms. The average molecular weight is 349 g/mol. The molecule has 1 saturated carbocycles. The van der Waals surface area contributed by atoms with Crippen LogP contribution in [-0.2, 0) is 9.53 Å². The van der Waals surface area contributed by atoms with Crippen molar-refractivity contribution in [1.82, 2.24) is 4.90 Å². The number of fused-ring (bicyclic) bond motifs is 1. The molecule has 4 atom stereocenters. The van der Waals surface area contributed by atoms with Gasteiger partial charge in [0, 0.05) is 19.7 Å². The van der Waals surface area contributed by atoms with E-state index in [0.29, 0.717) is 42.9 Å². The minimum atomic E-state index is -0.534. The predicted molar refractivity (Wildman–Crippen MR) is 92.7 cm³/mol. The Morgan fingerprint density at radius 3 is 2.56 bits per heavy atom. The summed E-state index contributed by atoms with van der Waals surface area (Å²) in [6, 6.07) is 7.47. The molecule has 1 aliphatic heterocycles. The van der Waals surface area contributed by atoms with E-state index in [0.717, 1.165) is 13.0 Å². The van der Waals surface area contributed by atoms with Gasteiger partial charge in [-0.05, 0) is 43.7 Å². The first-order chi connectivity index (χ1) is 12.1. The SMILES string of the molecule is CCOCC(=O)N1C[C@H]2C[C@@H](Oc3ccccc3OC)[C@H](O)C[C@H]2C1. The first-order valence-corrected chi connectivity index (χ1v) is 8.95. The molecule has 0 spiro atoms. The van der Waals surface area contributed by atoms with E-state index in [1.807, 2.05) is 36.1 Å². The number of rotatable bonds is 6. The van der Waals surface area contributed by atoms with Gasteiger partial charge in [-0.2, -0.15) is 0 Å². The minimum absolute atomic E-state index is 0.0351. The fourth-order valence-electron chi connectivity index (χ4n) is 3.88. The second-order valence-electron chi connectivity index (χ2n) is 6.80. The summed E-state index contributed by atoms with van der Waals surface area (Å²) in [6.45, 7) is 3.98. The maximum absolute atomic E-state index is 12.2. The highest BCUT2D eigenvalue weighted by Crippen LogP contribution is 2.39. The Labute approximate surface area is 148 Å². The fraction of sp³-hybridized carbons (Fsp3) is 0.632. The number of carbonyl (C=O) groups is 1. The van der Waals surface area contributed by atoms with Crippen molar-refractivity contribution in [3.63, 3.8) is 0 Å². The van der Waals surface area contributed by atoms with Crippen LogP contribution in [0.1, 0.15) is 19.8 Å². The number of aliphatic hydroxyl groups is 1. The first kappa shape index (κ1) is 18.0. The molecule has 0 radical (unpaired) electrons. The molecule has 0 unspecified atom stereocenters. The Morgan fingerprint density at radius 2 is 1.88 bits per heavy atom. The number of nitrogens with zero attached hydrogens (tertiary/aromatic N) is 1. The van der Waals surface area contributed by atoms with Crippen LogP contribution in [-0.4, -0.2) is 61.5 Å². The number of benzene rings is 1. The number of aliphatic hydroxyl groups excluding tert-OH is 1. The van der Waals surface area contributed by atoms with Gasteiger partial charge >= 0.3 is 0 Å². The van der Waals surface area contributed by atoms with E-state index in [-0.39, 0.29) is 18.6 Å². The summed E-state index contributed by atoms with van der Waals surface area (Å²) in [5.74, 6) is 2.03. The van der Waals surface area contributed by atoms with E-state index in [9.17, 15) is 9.90 Å². The van der Waals surface area contributed by atoms with Crippen LogP contribution in [0, 0.1) is 11.8 Å². The van der Waals surface area contributed by atoms with Crippen LogP contribution in [0.15, 0.2) is 24.3 Å². The molecular formula is C19H27NO5. The van der Waals surface area contributed by atoms with Gasteiger partial charge in [0.05, 0.1) is 13.2 Å². The number of methoxy groups -OCH3 is 1. The van der Waals surface area contributed by atoms with E-state index in [1.54, 1.807) is 7.11 Å². The van der Waals surface area contributed by atoms with E-state index >= 15 is 0 Å². The van der Waals surface area contributed by atoms with Crippen molar-refractivity contribution in [3.8, 4) is 11.5 Å². The zero-order valence-corrected chi connectivity index (χ0v) is 14.9. The molecule has 1 aromatic carbocycles. The smallest absolute Gasteiger partial charge is 0.248 e. The molecule has 1 N–H and O–H groups in total. The molecule has 1 aliphatic carbocycles. The monoisotopic (exact) mass is 349 g/mol. The van der Waals surface area contributed by atoms with Crippen molar-refractivity contribution < 1.29 is 24.1 Å². The molecule has 0 aromatic heterocycles. The van der Waals surface area contributed by atoms with Crippen molar-refractivity contribution in [1.29, 1.82) is 0 Å². The lowest BCUT2D eigenvalue weighted by molar-refractivity contribution is -0.135. The standard InChI is InChI=1S/C19H27NO5/c1-3-24-12-19(22)20-10-13-8-15(21)18(9-14(13)11-20)25-17-7-5-4-6-16(17)23-2/h4-7,13-15,18,21H,3,8-12H2,1-2H3/t13-,14+,15+,18+/m0/s1. The summed E-state index contributed by atoms with van der Waals surface area (Å²) >= 11 is 0. The zero-order chi connectivity index (χ0) is 17.8. The molecule has 6 nitrogen and oxygen atoms in total. The van der Waals surface area contributed by atoms with Gasteiger partial charge in [0.1, 0.15) is 12.7 Å². The molecule has 2 aliphatic rings. The first-order valence-electron chi connectivity index (χ1n) is 8.95. The van der Waals surface area contributed by atoms with Crippen molar-refractivity contribution in [2.45, 2.75) is 32.0 Å². The maximum atomic E-state index is 12.2. The van der Waals surface area contributed by atoms with E-state index in [2.05, 4.69) is 0 Å². The zero-order valence-electron chi connectivity index (χ0n) is 14.9. The molecule has 1 amide bonds. The molecule has 1 saturated heterocycles. The van der Waals surface area contributed by atoms with Crippen LogP contribution in [0.3, 0.4) is 0 Å². The number of hydrogen-bond acceptors (Lipinski definition) is 5. The van der Waals surface area contributed by atoms with Gasteiger partial charge < -0.3 is 24.2 Å². The number of amides is 1. The number of ether oxygens (including phenoxy) is 3. The third kappa shape index (κ3) is 4.07. The van der Waals surface area contributed by atoms with E-state index in [1.165, 1.54) is 0 Å². The van der Waals surface area contributed by atoms with Gasteiger partial charge in [-0.1, -0.05) is 12.1 Å². The molecule has 138 valence electrons. The molecule has 3 rings (SSSR count). The van der Waals surface area contributed by atoms with E-state index in [4.69, 9.17) is 14.2 Å². The molecule has 1 heterocycles. The summed E-state index contributed by atoms with van der Waals surface area (Å²) in [5, 5.41) is 10.5. The van der Waals surface area contributed by atoms with Gasteiger partial charge in [-0.3, -0.25) is 4.79 Å². The van der Waals surface area contributed by atoms with E-state index < -0.39 is 6.10 Å². The minimum Gasteiger partial charge on any atom is -0.493 e. The van der Waals surface area contributed by atoms with Gasteiger partial charge in [0.2, 0.25) is 5.91 Å². The van der Waals surface area contributed by atoms with Gasteiger partial charge in [0.15, 0.2) is 11.5 Å². The second-order valence-corrected chi connectivity index (χ2v) is 6.80. The number of para-hydroxylation sites is 2. The summed E-state index contributed by atoms with van der Waals surface area (Å²) in [7, 11) is 1.61. The Morgan fingerprint density at radius 1 is 1.20 bits per heavy atom. The topological polar surface area (TPSA) is 68.2 Å². The highest BCUT2D eigenvalue weighted by atomic mass is 16.5. The highest BCUT2D eigenvalue weighted by Gasteiger charge is 2.44. The van der Waals surface area contributed by atoms with Crippen molar-refractivity contribution >= 4 is 5.91 Å². The largest absolute Gasteiger partial charge is 0.493 e. The van der Waals surface area contributed by atoms with Crippen molar-refractivity contribution in [3.05, 3.63) is 24.3 Å². The predicted octanol–water partition coefficient (Wildman–Crippen LogP) is 1.71. The molecule has 25 heavy (non-hydrogen) atoms. The van der Waals surface area contributed by atoms with Gasteiger partial charge in [-0.15, -0.1) is 0 Å². The van der Waals surface area contributed by atoms with Crippen LogP contribution in [0.4, 0.5) is 0 Å². The summed E-state index contributed by atoms with van der Waals surface area (Å²) < 4.78 is 16.6. The number of likely N-dealkylation sites (tertiary alicyclic amines) is 1. The maximum Gasteiger partial charge on any atom is 0.248 e. The van der Waals surface area contributed by atoms with Crippen molar-refractivity contribution in [2.75, 3.05) is 33.4 Å². The third-order valence-electron chi connectivity index (χ3n) is 5.21. The Hall–Kier alpha value is -1.79. The molecule has 6 heteroatoms. The van der Waals surface area contributed by atoms with Crippen LogP contribution in [0.2, 0.25) is 0 Å². The van der Waals surface area contributed by atoms with Crippen LogP contribution < -0.4 is 9.47 Å². The third-order valence-corrected chi connectivity index (χ3v) is 5.21. The lowest BCUT2D eigenvalue weighted by atomic mass is 9.78. The Kier molecular flexibility index (Phi) is 5.81. The van der Waals surface area contributed by atoms with Crippen LogP contribution >= 0.6 is 0 Å². The lowest BCUT2D eigenvalue weighted by Crippen LogP contribution is -2.42. The Bertz CT molecular complexity index is 593. The Balaban J connectivity index is 1.62. The fourth-order valence-corrected chi connectivity index (χ4v) is 3.88. The highest BCUT2D eigenvalue weighted by molar-refractivity contribution is 5.77. The van der Waals surface area contributed by atoms with Crippen molar-refractivity contribution in [2.24, 2.45) is 11.8 Å². The summed E-state index contributed by atoms with van der Waals surface area (Å²) in [4.78, 5) is 14.0. The summed E-state index contributed by atoms with van der Waals surface area (Å²) in [6.07, 6.45) is 0.582. The lowest BCUT2D eigenvalue weighted by Gasteiger charge is -2.35. The quantitative estimate of drug-likeness (QED) is 0.847. The van der Waals surface area contributed by atoms with Crippen LogP contribution in [0.25, 0.3) is 0 Å².